The lowest BCUT2D eigenvalue weighted by Crippen LogP contribution is -2.16. The van der Waals surface area contributed by atoms with E-state index in [4.69, 9.17) is 4.52 Å². The minimum atomic E-state index is -0.487. The van der Waals surface area contributed by atoms with Crippen LogP contribution < -0.4 is 5.76 Å². The smallest absolute Gasteiger partial charge is 0.295 e. The summed E-state index contributed by atoms with van der Waals surface area (Å²) in [6, 6.07) is 19.6. The molecule has 0 spiro atoms. The van der Waals surface area contributed by atoms with Gasteiger partial charge in [-0.3, -0.25) is 14.1 Å². The van der Waals surface area contributed by atoms with Gasteiger partial charge in [-0.1, -0.05) is 53.7 Å². The van der Waals surface area contributed by atoms with Crippen LogP contribution in [-0.2, 0) is 6.54 Å². The minimum Gasteiger partial charge on any atom is -0.295 e. The largest absolute Gasteiger partial charge is 0.442 e. The molecule has 0 N–H and O–H groups in total. The quantitative estimate of drug-likeness (QED) is 0.583. The van der Waals surface area contributed by atoms with Gasteiger partial charge >= 0.3 is 5.76 Å². The SMILES string of the molecule is O=c1onc(-c2ccccn2)n1Cc1cccc2ccccc12. The summed E-state index contributed by atoms with van der Waals surface area (Å²) >= 11 is 0. The highest BCUT2D eigenvalue weighted by Crippen LogP contribution is 2.21. The van der Waals surface area contributed by atoms with E-state index < -0.39 is 5.76 Å². The van der Waals surface area contributed by atoms with Crippen LogP contribution in [0.4, 0.5) is 0 Å². The summed E-state index contributed by atoms with van der Waals surface area (Å²) in [6.07, 6.45) is 1.66. The number of fused-ring (bicyclic) bond motifs is 1. The zero-order valence-electron chi connectivity index (χ0n) is 12.2. The number of aromatic nitrogens is 3. The molecule has 0 unspecified atom stereocenters. The predicted molar refractivity (Wildman–Crippen MR) is 87.0 cm³/mol. The van der Waals surface area contributed by atoms with Crippen molar-refractivity contribution < 1.29 is 4.52 Å². The second-order valence-corrected chi connectivity index (χ2v) is 5.21. The van der Waals surface area contributed by atoms with Gasteiger partial charge in [0.05, 0.1) is 6.54 Å². The van der Waals surface area contributed by atoms with Crippen molar-refractivity contribution in [2.45, 2.75) is 6.54 Å². The maximum Gasteiger partial charge on any atom is 0.442 e. The Morgan fingerprint density at radius 2 is 1.78 bits per heavy atom. The van der Waals surface area contributed by atoms with Gasteiger partial charge in [-0.15, -0.1) is 0 Å². The Morgan fingerprint density at radius 1 is 0.957 bits per heavy atom. The number of pyridine rings is 1. The maximum atomic E-state index is 12.1. The van der Waals surface area contributed by atoms with Crippen molar-refractivity contribution in [3.8, 4) is 11.5 Å². The number of nitrogens with zero attached hydrogens (tertiary/aromatic N) is 3. The number of hydrogen-bond acceptors (Lipinski definition) is 4. The molecule has 0 atom stereocenters. The molecule has 2 aromatic heterocycles. The highest BCUT2D eigenvalue weighted by Gasteiger charge is 2.14. The molecule has 0 aliphatic rings. The first kappa shape index (κ1) is 13.5. The van der Waals surface area contributed by atoms with E-state index in [2.05, 4.69) is 22.3 Å². The molecule has 23 heavy (non-hydrogen) atoms. The van der Waals surface area contributed by atoms with Crippen molar-refractivity contribution in [3.63, 3.8) is 0 Å². The molecule has 2 heterocycles. The van der Waals surface area contributed by atoms with Gasteiger partial charge in [0.15, 0.2) is 0 Å². The second-order valence-electron chi connectivity index (χ2n) is 5.21. The Hall–Kier alpha value is -3.21. The van der Waals surface area contributed by atoms with E-state index in [1.807, 2.05) is 42.5 Å². The van der Waals surface area contributed by atoms with Gasteiger partial charge in [0.1, 0.15) is 5.69 Å². The van der Waals surface area contributed by atoms with Gasteiger partial charge in [-0.2, -0.15) is 0 Å². The summed E-state index contributed by atoms with van der Waals surface area (Å²) in [5.41, 5.74) is 1.64. The van der Waals surface area contributed by atoms with Crippen LogP contribution in [0.3, 0.4) is 0 Å². The topological polar surface area (TPSA) is 60.9 Å². The van der Waals surface area contributed by atoms with Crippen LogP contribution in [0.2, 0.25) is 0 Å². The third-order valence-electron chi connectivity index (χ3n) is 3.79. The number of benzene rings is 2. The Morgan fingerprint density at radius 3 is 2.65 bits per heavy atom. The molecule has 0 saturated carbocycles. The summed E-state index contributed by atoms with van der Waals surface area (Å²) in [5, 5.41) is 6.11. The summed E-state index contributed by atoms with van der Waals surface area (Å²) in [4.78, 5) is 16.3. The van der Waals surface area contributed by atoms with E-state index >= 15 is 0 Å². The van der Waals surface area contributed by atoms with Gasteiger partial charge in [-0.05, 0) is 28.5 Å². The molecule has 0 aliphatic heterocycles. The van der Waals surface area contributed by atoms with Crippen LogP contribution in [-0.4, -0.2) is 14.7 Å². The molecule has 0 aliphatic carbocycles. The average molecular weight is 303 g/mol. The van der Waals surface area contributed by atoms with Crippen molar-refractivity contribution in [1.82, 2.24) is 14.7 Å². The third-order valence-corrected chi connectivity index (χ3v) is 3.79. The normalized spacial score (nSPS) is 11.0. The van der Waals surface area contributed by atoms with Crippen molar-refractivity contribution in [2.24, 2.45) is 0 Å². The Balaban J connectivity index is 1.83. The summed E-state index contributed by atoms with van der Waals surface area (Å²) in [7, 11) is 0. The molecule has 5 heteroatoms. The van der Waals surface area contributed by atoms with E-state index in [1.54, 1.807) is 12.3 Å². The second kappa shape index (κ2) is 5.53. The van der Waals surface area contributed by atoms with E-state index in [0.29, 0.717) is 18.1 Å². The molecule has 0 radical (unpaired) electrons. The molecule has 4 aromatic rings. The van der Waals surface area contributed by atoms with Gasteiger partial charge < -0.3 is 0 Å². The molecular formula is C18H13N3O2. The summed E-state index contributed by atoms with van der Waals surface area (Å²) in [6.45, 7) is 0.385. The zero-order chi connectivity index (χ0) is 15.6. The Kier molecular flexibility index (Phi) is 3.24. The summed E-state index contributed by atoms with van der Waals surface area (Å²) in [5.74, 6) is -0.0536. The highest BCUT2D eigenvalue weighted by atomic mass is 16.5. The Bertz CT molecular complexity index is 1010. The molecule has 0 fully saturated rings. The van der Waals surface area contributed by atoms with E-state index in [1.165, 1.54) is 4.57 Å². The predicted octanol–water partition coefficient (Wildman–Crippen LogP) is 3.10. The molecule has 0 bridgehead atoms. The van der Waals surface area contributed by atoms with Crippen molar-refractivity contribution >= 4 is 10.8 Å². The van der Waals surface area contributed by atoms with Crippen molar-refractivity contribution in [2.75, 3.05) is 0 Å². The average Bonchev–Trinajstić information content (AvgIpc) is 2.97. The van der Waals surface area contributed by atoms with E-state index in [-0.39, 0.29) is 0 Å². The maximum absolute atomic E-state index is 12.1. The van der Waals surface area contributed by atoms with Crippen molar-refractivity contribution in [1.29, 1.82) is 0 Å². The lowest BCUT2D eigenvalue weighted by atomic mass is 10.0. The monoisotopic (exact) mass is 303 g/mol. The highest BCUT2D eigenvalue weighted by molar-refractivity contribution is 5.85. The molecular weight excluding hydrogens is 290 g/mol. The van der Waals surface area contributed by atoms with Gasteiger partial charge in [0, 0.05) is 6.20 Å². The molecule has 0 amide bonds. The first-order chi connectivity index (χ1) is 11.3. The van der Waals surface area contributed by atoms with Gasteiger partial charge in [0.2, 0.25) is 5.82 Å². The fraction of sp³-hybridized carbons (Fsp3) is 0.0556. The molecule has 2 aromatic carbocycles. The first-order valence-corrected chi connectivity index (χ1v) is 7.27. The third kappa shape index (κ3) is 2.42. The van der Waals surface area contributed by atoms with Crippen LogP contribution in [0.5, 0.6) is 0 Å². The summed E-state index contributed by atoms with van der Waals surface area (Å²) < 4.78 is 6.36. The van der Waals surface area contributed by atoms with Gasteiger partial charge in [-0.25, -0.2) is 4.79 Å². The molecule has 0 saturated heterocycles. The van der Waals surface area contributed by atoms with E-state index in [0.717, 1.165) is 16.3 Å². The van der Waals surface area contributed by atoms with Gasteiger partial charge in [0.25, 0.3) is 0 Å². The molecule has 5 nitrogen and oxygen atoms in total. The number of hydrogen-bond donors (Lipinski definition) is 0. The Labute approximate surface area is 131 Å². The first-order valence-electron chi connectivity index (χ1n) is 7.27. The number of rotatable bonds is 3. The molecule has 112 valence electrons. The zero-order valence-corrected chi connectivity index (χ0v) is 12.2. The van der Waals surface area contributed by atoms with Crippen LogP contribution in [0.1, 0.15) is 5.56 Å². The van der Waals surface area contributed by atoms with E-state index in [9.17, 15) is 4.79 Å². The van der Waals surface area contributed by atoms with Crippen LogP contribution in [0, 0.1) is 0 Å². The minimum absolute atomic E-state index is 0.385. The fourth-order valence-electron chi connectivity index (χ4n) is 2.69. The lowest BCUT2D eigenvalue weighted by molar-refractivity contribution is 0.378. The standard InChI is InChI=1S/C18H13N3O2/c22-18-21(17(20-23-18)16-10-3-4-11-19-16)12-14-8-5-7-13-6-1-2-9-15(13)14/h1-11H,12H2. The fourth-order valence-corrected chi connectivity index (χ4v) is 2.69. The van der Waals surface area contributed by atoms with Crippen LogP contribution in [0.25, 0.3) is 22.3 Å². The van der Waals surface area contributed by atoms with Crippen molar-refractivity contribution in [3.05, 3.63) is 83.0 Å². The van der Waals surface area contributed by atoms with Crippen LogP contribution in [0.15, 0.2) is 76.2 Å². The lowest BCUT2D eigenvalue weighted by Gasteiger charge is -2.08. The van der Waals surface area contributed by atoms with Crippen LogP contribution >= 0.6 is 0 Å². The molecule has 4 rings (SSSR count).